The molecule has 4 rings (SSSR count). The standard InChI is InChI=1S/C23H20N4O4/c1-27-21(25-23(29)20-11-6-12-30-20)14-19(26-27)22(28)24-17-8-5-7-16(13-17)15-31-18-9-3-2-4-10-18/h2-14H,15H2,1H3,(H,24,28)(H,25,29). The van der Waals surface area contributed by atoms with E-state index in [4.69, 9.17) is 9.15 Å². The Labute approximate surface area is 178 Å². The molecule has 2 N–H and O–H groups in total. The number of aromatic nitrogens is 2. The van der Waals surface area contributed by atoms with Gasteiger partial charge in [-0.05, 0) is 42.0 Å². The van der Waals surface area contributed by atoms with E-state index in [9.17, 15) is 9.59 Å². The molecule has 2 heterocycles. The van der Waals surface area contributed by atoms with Gasteiger partial charge in [0.05, 0.1) is 6.26 Å². The normalized spacial score (nSPS) is 10.5. The number of aryl methyl sites for hydroxylation is 1. The number of ether oxygens (including phenoxy) is 1. The van der Waals surface area contributed by atoms with E-state index in [0.29, 0.717) is 18.1 Å². The Morgan fingerprint density at radius 1 is 0.968 bits per heavy atom. The molecule has 0 aliphatic rings. The number of nitrogens with zero attached hydrogens (tertiary/aromatic N) is 2. The van der Waals surface area contributed by atoms with Crippen LogP contribution in [-0.2, 0) is 13.7 Å². The Kier molecular flexibility index (Phi) is 5.79. The van der Waals surface area contributed by atoms with Gasteiger partial charge in [-0.25, -0.2) is 0 Å². The predicted octanol–water partition coefficient (Wildman–Crippen LogP) is 4.10. The lowest BCUT2D eigenvalue weighted by molar-refractivity contribution is 0.0993. The second-order valence-corrected chi connectivity index (χ2v) is 6.73. The lowest BCUT2D eigenvalue weighted by Crippen LogP contribution is -2.13. The highest BCUT2D eigenvalue weighted by molar-refractivity contribution is 6.05. The summed E-state index contributed by atoms with van der Waals surface area (Å²) in [4.78, 5) is 24.8. The summed E-state index contributed by atoms with van der Waals surface area (Å²) in [5.74, 6) is 0.495. The zero-order valence-electron chi connectivity index (χ0n) is 16.7. The van der Waals surface area contributed by atoms with Gasteiger partial charge in [-0.15, -0.1) is 0 Å². The van der Waals surface area contributed by atoms with Gasteiger partial charge in [-0.3, -0.25) is 14.3 Å². The maximum atomic E-state index is 12.6. The molecule has 0 spiro atoms. The van der Waals surface area contributed by atoms with Crippen molar-refractivity contribution in [2.24, 2.45) is 7.05 Å². The van der Waals surface area contributed by atoms with E-state index >= 15 is 0 Å². The first-order valence-electron chi connectivity index (χ1n) is 9.55. The Balaban J connectivity index is 1.39. The van der Waals surface area contributed by atoms with Crippen LogP contribution in [0.15, 0.2) is 83.5 Å². The Hall–Kier alpha value is -4.33. The van der Waals surface area contributed by atoms with Gasteiger partial charge < -0.3 is 19.8 Å². The van der Waals surface area contributed by atoms with Crippen LogP contribution in [0.25, 0.3) is 0 Å². The third-order valence-corrected chi connectivity index (χ3v) is 4.43. The molecular weight excluding hydrogens is 396 g/mol. The highest BCUT2D eigenvalue weighted by Crippen LogP contribution is 2.17. The van der Waals surface area contributed by atoms with Gasteiger partial charge in [-0.1, -0.05) is 30.3 Å². The molecule has 2 amide bonds. The van der Waals surface area contributed by atoms with Crippen molar-refractivity contribution in [3.63, 3.8) is 0 Å². The van der Waals surface area contributed by atoms with Gasteiger partial charge in [0, 0.05) is 18.8 Å². The van der Waals surface area contributed by atoms with Gasteiger partial charge in [-0.2, -0.15) is 5.10 Å². The predicted molar refractivity (Wildman–Crippen MR) is 115 cm³/mol. The summed E-state index contributed by atoms with van der Waals surface area (Å²) < 4.78 is 12.2. The first-order valence-corrected chi connectivity index (χ1v) is 9.55. The molecule has 0 aliphatic carbocycles. The molecule has 8 nitrogen and oxygen atoms in total. The van der Waals surface area contributed by atoms with Crippen molar-refractivity contribution in [1.82, 2.24) is 9.78 Å². The largest absolute Gasteiger partial charge is 0.489 e. The zero-order valence-corrected chi connectivity index (χ0v) is 16.7. The molecule has 0 atom stereocenters. The second-order valence-electron chi connectivity index (χ2n) is 6.73. The van der Waals surface area contributed by atoms with E-state index in [1.54, 1.807) is 25.2 Å². The molecule has 0 radical (unpaired) electrons. The summed E-state index contributed by atoms with van der Waals surface area (Å²) in [6.07, 6.45) is 1.41. The molecule has 2 aromatic carbocycles. The van der Waals surface area contributed by atoms with Crippen LogP contribution in [0.5, 0.6) is 5.75 Å². The van der Waals surface area contributed by atoms with Gasteiger partial charge in [0.2, 0.25) is 0 Å². The smallest absolute Gasteiger partial charge is 0.292 e. The highest BCUT2D eigenvalue weighted by atomic mass is 16.5. The molecule has 0 bridgehead atoms. The average Bonchev–Trinajstić information content (AvgIpc) is 3.44. The van der Waals surface area contributed by atoms with Crippen LogP contribution in [0.1, 0.15) is 26.6 Å². The van der Waals surface area contributed by atoms with Crippen LogP contribution in [0, 0.1) is 0 Å². The monoisotopic (exact) mass is 416 g/mol. The minimum absolute atomic E-state index is 0.168. The van der Waals surface area contributed by atoms with Crippen LogP contribution in [0.3, 0.4) is 0 Å². The van der Waals surface area contributed by atoms with Gasteiger partial charge in [0.1, 0.15) is 18.2 Å². The van der Waals surface area contributed by atoms with Crippen molar-refractivity contribution in [1.29, 1.82) is 0 Å². The van der Waals surface area contributed by atoms with Crippen molar-refractivity contribution in [2.75, 3.05) is 10.6 Å². The van der Waals surface area contributed by atoms with Crippen molar-refractivity contribution < 1.29 is 18.7 Å². The van der Waals surface area contributed by atoms with Gasteiger partial charge in [0.15, 0.2) is 11.5 Å². The molecule has 31 heavy (non-hydrogen) atoms. The van der Waals surface area contributed by atoms with Crippen LogP contribution in [-0.4, -0.2) is 21.6 Å². The van der Waals surface area contributed by atoms with Crippen LogP contribution in [0.4, 0.5) is 11.5 Å². The van der Waals surface area contributed by atoms with E-state index in [1.807, 2.05) is 48.5 Å². The lowest BCUT2D eigenvalue weighted by Gasteiger charge is -2.08. The number of amides is 2. The zero-order chi connectivity index (χ0) is 21.6. The molecule has 0 saturated heterocycles. The van der Waals surface area contributed by atoms with Gasteiger partial charge >= 0.3 is 0 Å². The second kappa shape index (κ2) is 9.00. The minimum Gasteiger partial charge on any atom is -0.489 e. The quantitative estimate of drug-likeness (QED) is 0.473. The molecule has 156 valence electrons. The minimum atomic E-state index is -0.425. The average molecular weight is 416 g/mol. The molecule has 4 aromatic rings. The summed E-state index contributed by atoms with van der Waals surface area (Å²) in [7, 11) is 1.63. The van der Waals surface area contributed by atoms with E-state index in [0.717, 1.165) is 11.3 Å². The van der Waals surface area contributed by atoms with E-state index < -0.39 is 11.8 Å². The van der Waals surface area contributed by atoms with E-state index in [1.165, 1.54) is 17.0 Å². The third kappa shape index (κ3) is 4.99. The van der Waals surface area contributed by atoms with Crippen molar-refractivity contribution in [2.45, 2.75) is 6.61 Å². The molecule has 2 aromatic heterocycles. The number of furan rings is 1. The fourth-order valence-corrected chi connectivity index (χ4v) is 2.90. The number of carbonyl (C=O) groups is 2. The molecule has 8 heteroatoms. The number of hydrogen-bond donors (Lipinski definition) is 2. The van der Waals surface area contributed by atoms with Crippen molar-refractivity contribution in [3.05, 3.63) is 96.1 Å². The fraction of sp³-hybridized carbons (Fsp3) is 0.0870. The number of benzene rings is 2. The van der Waals surface area contributed by atoms with Crippen LogP contribution >= 0.6 is 0 Å². The summed E-state index contributed by atoms with van der Waals surface area (Å²) in [6.45, 7) is 0.375. The molecular formula is C23H20N4O4. The number of nitrogens with one attached hydrogen (secondary N) is 2. The third-order valence-electron chi connectivity index (χ3n) is 4.43. The Morgan fingerprint density at radius 3 is 2.58 bits per heavy atom. The maximum absolute atomic E-state index is 12.6. The van der Waals surface area contributed by atoms with Crippen LogP contribution < -0.4 is 15.4 Å². The Bertz CT molecular complexity index is 1180. The number of carbonyl (C=O) groups excluding carboxylic acids is 2. The summed E-state index contributed by atoms with van der Waals surface area (Å²) in [5.41, 5.74) is 1.70. The van der Waals surface area contributed by atoms with E-state index in [2.05, 4.69) is 15.7 Å². The fourth-order valence-electron chi connectivity index (χ4n) is 2.90. The first-order chi connectivity index (χ1) is 15.1. The van der Waals surface area contributed by atoms with Crippen molar-refractivity contribution >= 4 is 23.3 Å². The number of para-hydroxylation sites is 1. The Morgan fingerprint density at radius 2 is 1.81 bits per heavy atom. The molecule has 0 unspecified atom stereocenters. The molecule has 0 saturated carbocycles. The maximum Gasteiger partial charge on any atom is 0.292 e. The lowest BCUT2D eigenvalue weighted by atomic mass is 10.2. The molecule has 0 aliphatic heterocycles. The number of hydrogen-bond acceptors (Lipinski definition) is 5. The van der Waals surface area contributed by atoms with E-state index in [-0.39, 0.29) is 11.5 Å². The topological polar surface area (TPSA) is 98.4 Å². The van der Waals surface area contributed by atoms with Crippen molar-refractivity contribution in [3.8, 4) is 5.75 Å². The van der Waals surface area contributed by atoms with Gasteiger partial charge in [0.25, 0.3) is 11.8 Å². The van der Waals surface area contributed by atoms with Crippen LogP contribution in [0.2, 0.25) is 0 Å². The summed E-state index contributed by atoms with van der Waals surface area (Å²) >= 11 is 0. The first kappa shape index (κ1) is 20.0. The number of rotatable bonds is 7. The summed E-state index contributed by atoms with van der Waals surface area (Å²) in [5, 5.41) is 9.66. The highest BCUT2D eigenvalue weighted by Gasteiger charge is 2.16. The SMILES string of the molecule is Cn1nc(C(=O)Nc2cccc(COc3ccccc3)c2)cc1NC(=O)c1ccco1. The summed E-state index contributed by atoms with van der Waals surface area (Å²) in [6, 6.07) is 21.6. The molecule has 0 fully saturated rings. The number of anilines is 2.